The Labute approximate surface area is 301 Å². The van der Waals surface area contributed by atoms with Gasteiger partial charge in [-0.25, -0.2) is 0 Å². The zero-order valence-corrected chi connectivity index (χ0v) is 31.3. The molecule has 1 fully saturated rings. The van der Waals surface area contributed by atoms with E-state index in [4.69, 9.17) is 10.5 Å². The van der Waals surface area contributed by atoms with Crippen molar-refractivity contribution in [3.63, 3.8) is 0 Å². The summed E-state index contributed by atoms with van der Waals surface area (Å²) in [5.74, 6) is 0.781. The average molecular weight is 674 g/mol. The van der Waals surface area contributed by atoms with Crippen LogP contribution in [-0.2, 0) is 35.1 Å². The largest absolute Gasteiger partial charge is 0.489 e. The Morgan fingerprint density at radius 3 is 1.72 bits per heavy atom. The summed E-state index contributed by atoms with van der Waals surface area (Å²) in [4.78, 5) is 17.3. The second-order valence-corrected chi connectivity index (χ2v) is 16.4. The van der Waals surface area contributed by atoms with Crippen molar-refractivity contribution in [3.8, 4) is 5.75 Å². The van der Waals surface area contributed by atoms with Gasteiger partial charge in [-0.1, -0.05) is 139 Å². The molecule has 5 heteroatoms. The Bertz CT molecular complexity index is 1570. The number of nitrogens with two attached hydrogens (primary N) is 1. The Hall–Kier alpha value is -3.93. The van der Waals surface area contributed by atoms with Crippen molar-refractivity contribution >= 4 is 5.91 Å². The van der Waals surface area contributed by atoms with E-state index in [2.05, 4.69) is 112 Å². The van der Waals surface area contributed by atoms with E-state index in [1.165, 1.54) is 30.4 Å². The summed E-state index contributed by atoms with van der Waals surface area (Å²) in [7, 11) is 0. The van der Waals surface area contributed by atoms with Crippen molar-refractivity contribution in [2.45, 2.75) is 97.1 Å². The fourth-order valence-electron chi connectivity index (χ4n) is 7.08. The summed E-state index contributed by atoms with van der Waals surface area (Å²) in [5.41, 5.74) is 13.3. The van der Waals surface area contributed by atoms with Gasteiger partial charge in [0.25, 0.3) is 0 Å². The first-order chi connectivity index (χ1) is 23.8. The van der Waals surface area contributed by atoms with E-state index < -0.39 is 11.5 Å². The lowest BCUT2D eigenvalue weighted by atomic mass is 9.68. The van der Waals surface area contributed by atoms with Gasteiger partial charge in [-0.15, -0.1) is 0 Å². The van der Waals surface area contributed by atoms with Crippen molar-refractivity contribution in [2.24, 2.45) is 11.1 Å². The zero-order chi connectivity index (χ0) is 35.8. The van der Waals surface area contributed by atoms with Crippen LogP contribution in [0.2, 0.25) is 0 Å². The lowest BCUT2D eigenvalue weighted by molar-refractivity contribution is -0.132. The molecule has 0 spiro atoms. The van der Waals surface area contributed by atoms with Crippen LogP contribution in [0.3, 0.4) is 0 Å². The van der Waals surface area contributed by atoms with Crippen molar-refractivity contribution in [1.29, 1.82) is 0 Å². The summed E-state index contributed by atoms with van der Waals surface area (Å²) in [6.45, 7) is 17.5. The standard InChI is InChI=1S/C45H59N3O2/c1-43(2,3)38-21-15-34(16-22-38)31-45(32-35-17-23-39(24-18-35)44(4,5)6,42(49)47-27-30-48-28-11-8-12-29-48)41(46)37-19-25-40(26-20-37)50-33-36-13-9-7-10-14-36/h7,9-10,13-26,41H,8,11-12,27-33,46H2,1-6H3,(H,47,49). The molecule has 4 aromatic carbocycles. The first-order valence-electron chi connectivity index (χ1n) is 18.6. The molecule has 50 heavy (non-hydrogen) atoms. The monoisotopic (exact) mass is 673 g/mol. The van der Waals surface area contributed by atoms with Crippen molar-refractivity contribution in [1.82, 2.24) is 10.2 Å². The number of carbonyl (C=O) groups is 1. The lowest BCUT2D eigenvalue weighted by Crippen LogP contribution is -2.52. The summed E-state index contributed by atoms with van der Waals surface area (Å²) in [6, 6.07) is 35.2. The molecule has 1 saturated heterocycles. The van der Waals surface area contributed by atoms with Crippen molar-refractivity contribution in [2.75, 3.05) is 26.2 Å². The van der Waals surface area contributed by atoms with Gasteiger partial charge in [0.05, 0.1) is 5.41 Å². The van der Waals surface area contributed by atoms with Gasteiger partial charge in [0.1, 0.15) is 12.4 Å². The van der Waals surface area contributed by atoms with Gasteiger partial charge >= 0.3 is 0 Å². The van der Waals surface area contributed by atoms with Gasteiger partial charge in [-0.2, -0.15) is 0 Å². The molecule has 1 heterocycles. The Morgan fingerprint density at radius 2 is 1.22 bits per heavy atom. The highest BCUT2D eigenvalue weighted by atomic mass is 16.5. The first kappa shape index (κ1) is 37.3. The quantitative estimate of drug-likeness (QED) is 0.149. The fraction of sp³-hybridized carbons (Fsp3) is 0.444. The van der Waals surface area contributed by atoms with E-state index in [0.29, 0.717) is 26.0 Å². The summed E-state index contributed by atoms with van der Waals surface area (Å²) >= 11 is 0. The van der Waals surface area contributed by atoms with Crippen molar-refractivity contribution < 1.29 is 9.53 Å². The summed E-state index contributed by atoms with van der Waals surface area (Å²) in [5, 5.41) is 3.40. The molecule has 5 nitrogen and oxygen atoms in total. The number of piperidine rings is 1. The normalized spacial score (nSPS) is 15.0. The topological polar surface area (TPSA) is 67.6 Å². The molecule has 1 aliphatic heterocycles. The number of nitrogens with zero attached hydrogens (tertiary/aromatic N) is 1. The Kier molecular flexibility index (Phi) is 12.2. The molecule has 0 aromatic heterocycles. The minimum Gasteiger partial charge on any atom is -0.489 e. The smallest absolute Gasteiger partial charge is 0.228 e. The van der Waals surface area contributed by atoms with Gasteiger partial charge in [-0.05, 0) is 95.1 Å². The van der Waals surface area contributed by atoms with Gasteiger partial charge in [0.2, 0.25) is 5.91 Å². The Balaban J connectivity index is 1.49. The fourth-order valence-corrected chi connectivity index (χ4v) is 7.08. The number of hydrogen-bond donors (Lipinski definition) is 2. The van der Waals surface area contributed by atoms with E-state index in [1.807, 2.05) is 42.5 Å². The second kappa shape index (κ2) is 16.4. The molecule has 0 saturated carbocycles. The van der Waals surface area contributed by atoms with Gasteiger partial charge in [0, 0.05) is 19.1 Å². The third-order valence-electron chi connectivity index (χ3n) is 10.4. The zero-order valence-electron chi connectivity index (χ0n) is 31.3. The van der Waals surface area contributed by atoms with E-state index in [1.54, 1.807) is 0 Å². The van der Waals surface area contributed by atoms with Crippen LogP contribution in [0.25, 0.3) is 0 Å². The minimum atomic E-state index is -0.944. The summed E-state index contributed by atoms with van der Waals surface area (Å²) < 4.78 is 6.11. The SMILES string of the molecule is CC(C)(C)c1ccc(CC(Cc2ccc(C(C)(C)C)cc2)(C(=O)NCCN2CCCCC2)C(N)c2ccc(OCc3ccccc3)cc2)cc1. The van der Waals surface area contributed by atoms with Crippen LogP contribution in [0.1, 0.15) is 100 Å². The van der Waals surface area contributed by atoms with E-state index >= 15 is 0 Å². The van der Waals surface area contributed by atoms with Crippen LogP contribution in [0.15, 0.2) is 103 Å². The number of carbonyl (C=O) groups excluding carboxylic acids is 1. The van der Waals surface area contributed by atoms with Crippen LogP contribution < -0.4 is 15.8 Å². The highest BCUT2D eigenvalue weighted by Gasteiger charge is 2.45. The number of benzene rings is 4. The number of amides is 1. The number of nitrogens with one attached hydrogen (secondary N) is 1. The molecule has 0 radical (unpaired) electrons. The molecular formula is C45H59N3O2. The third-order valence-corrected chi connectivity index (χ3v) is 10.4. The van der Waals surface area contributed by atoms with Crippen molar-refractivity contribution in [3.05, 3.63) is 137 Å². The predicted octanol–water partition coefficient (Wildman–Crippen LogP) is 8.93. The minimum absolute atomic E-state index is 0.00575. The third kappa shape index (κ3) is 9.86. The number of hydrogen-bond acceptors (Lipinski definition) is 4. The van der Waals surface area contributed by atoms with E-state index in [-0.39, 0.29) is 16.7 Å². The molecule has 1 atom stereocenters. The van der Waals surface area contributed by atoms with E-state index in [9.17, 15) is 4.79 Å². The maximum Gasteiger partial charge on any atom is 0.228 e. The number of likely N-dealkylation sites (tertiary alicyclic amines) is 1. The molecule has 4 aromatic rings. The molecule has 3 N–H and O–H groups in total. The van der Waals surface area contributed by atoms with E-state index in [0.717, 1.165) is 47.6 Å². The van der Waals surface area contributed by atoms with Gasteiger partial charge in [-0.3, -0.25) is 4.79 Å². The average Bonchev–Trinajstić information content (AvgIpc) is 3.11. The number of rotatable bonds is 13. The van der Waals surface area contributed by atoms with Crippen LogP contribution in [0, 0.1) is 5.41 Å². The Morgan fingerprint density at radius 1 is 0.700 bits per heavy atom. The molecule has 0 aliphatic carbocycles. The highest BCUT2D eigenvalue weighted by molar-refractivity contribution is 5.84. The molecule has 5 rings (SSSR count). The molecule has 1 aliphatic rings. The highest BCUT2D eigenvalue weighted by Crippen LogP contribution is 2.41. The second-order valence-electron chi connectivity index (χ2n) is 16.4. The number of ether oxygens (including phenoxy) is 1. The lowest BCUT2D eigenvalue weighted by Gasteiger charge is -2.39. The summed E-state index contributed by atoms with van der Waals surface area (Å²) in [6.07, 6.45) is 4.77. The molecule has 0 bridgehead atoms. The molecular weight excluding hydrogens is 615 g/mol. The predicted molar refractivity (Wildman–Crippen MR) is 208 cm³/mol. The molecule has 266 valence electrons. The van der Waals surface area contributed by atoms with Crippen LogP contribution in [-0.4, -0.2) is 37.0 Å². The van der Waals surface area contributed by atoms with Gasteiger partial charge in [0.15, 0.2) is 0 Å². The van der Waals surface area contributed by atoms with Gasteiger partial charge < -0.3 is 20.7 Å². The molecule has 1 amide bonds. The van der Waals surface area contributed by atoms with Crippen LogP contribution >= 0.6 is 0 Å². The molecule has 1 unspecified atom stereocenters. The van der Waals surface area contributed by atoms with Crippen LogP contribution in [0.5, 0.6) is 5.75 Å². The maximum atomic E-state index is 14.9. The first-order valence-corrected chi connectivity index (χ1v) is 18.6. The maximum absolute atomic E-state index is 14.9. The van der Waals surface area contributed by atoms with Crippen LogP contribution in [0.4, 0.5) is 0 Å².